The molecular weight excluding hydrogens is 997 g/mol. The highest BCUT2D eigenvalue weighted by atomic mass is 16.6. The van der Waals surface area contributed by atoms with Gasteiger partial charge in [0.1, 0.15) is 13.2 Å². The molecule has 0 aliphatic heterocycles. The van der Waals surface area contributed by atoms with Crippen LogP contribution in [0.25, 0.3) is 0 Å². The van der Waals surface area contributed by atoms with Crippen molar-refractivity contribution in [1.82, 2.24) is 0 Å². The lowest BCUT2D eigenvalue weighted by Crippen LogP contribution is -2.30. The first kappa shape index (κ1) is 75.8. The number of hydrogen-bond donors (Lipinski definition) is 0. The highest BCUT2D eigenvalue weighted by Gasteiger charge is 2.19. The zero-order valence-electron chi connectivity index (χ0n) is 52.0. The van der Waals surface area contributed by atoms with Gasteiger partial charge in [0.25, 0.3) is 0 Å². The maximum atomic E-state index is 12.9. The number of unbranched alkanes of at least 4 members (excludes halogenated alkanes) is 18. The molecule has 1 unspecified atom stereocenters. The predicted molar refractivity (Wildman–Crippen MR) is 352 cm³/mol. The summed E-state index contributed by atoms with van der Waals surface area (Å²) in [5.41, 5.74) is 0. The van der Waals surface area contributed by atoms with Crippen molar-refractivity contribution in [2.75, 3.05) is 13.2 Å². The van der Waals surface area contributed by atoms with Crippen molar-refractivity contribution < 1.29 is 28.6 Å². The second-order valence-electron chi connectivity index (χ2n) is 20.9. The van der Waals surface area contributed by atoms with Gasteiger partial charge in [-0.2, -0.15) is 0 Å². The summed E-state index contributed by atoms with van der Waals surface area (Å²) in [6, 6.07) is 0. The Hall–Kier alpha value is -5.23. The van der Waals surface area contributed by atoms with Gasteiger partial charge in [0, 0.05) is 19.3 Å². The van der Waals surface area contributed by atoms with Crippen LogP contribution >= 0.6 is 0 Å². The fourth-order valence-corrected chi connectivity index (χ4v) is 8.37. The SMILES string of the molecule is CC/C=C\C/C=C\C/C=C\C/C=C\C/C=C\C/C=C\C/C=C\CCCC(=O)OCC(COC(=O)CCCCCCCCC/C=C\CCCCCCCC)OC(=O)CCCCCC/C=C\C/C=C\C/C=C\C/C=C\C/C=C\C/C=C\CC. The number of rotatable bonds is 57. The second kappa shape index (κ2) is 67.3. The van der Waals surface area contributed by atoms with Crippen molar-refractivity contribution in [2.45, 2.75) is 271 Å². The van der Waals surface area contributed by atoms with Crippen LogP contribution in [-0.4, -0.2) is 37.2 Å². The van der Waals surface area contributed by atoms with Crippen molar-refractivity contribution in [3.05, 3.63) is 170 Å². The third-order valence-corrected chi connectivity index (χ3v) is 13.2. The van der Waals surface area contributed by atoms with E-state index in [0.29, 0.717) is 12.8 Å². The Labute approximate surface area is 498 Å². The van der Waals surface area contributed by atoms with Crippen LogP contribution < -0.4 is 0 Å². The number of hydrogen-bond acceptors (Lipinski definition) is 6. The molecule has 0 radical (unpaired) electrons. The number of carbonyl (C=O) groups excluding carboxylic acids is 3. The standard InChI is InChI=1S/C75H118O6/c1-4-7-10-13-16-19-22-25-28-31-33-35-37-39-41-44-47-50-53-56-59-62-65-68-74(77)80-71-72(70-79-73(76)67-64-61-58-55-52-49-46-43-30-27-24-21-18-15-12-9-6-3)81-75(78)69-66-63-60-57-54-51-48-45-42-40-38-36-34-32-29-26-23-20-17-14-11-8-5-2/h7-8,10-11,16-17,19-20,25-30,33-36,39-42,47-48,50-51,56,59,72H,4-6,9,12-15,18,21-24,31-32,37-38,43-46,49,52-55,57-58,60-71H2,1-3H3/b10-7-,11-8-,19-16-,20-17-,28-25-,29-26-,30-27-,35-33-,36-34-,41-39-,42-40-,50-47-,51-48-,59-56-. The van der Waals surface area contributed by atoms with Gasteiger partial charge in [-0.3, -0.25) is 14.4 Å². The zero-order valence-corrected chi connectivity index (χ0v) is 52.0. The third-order valence-electron chi connectivity index (χ3n) is 13.2. The first-order valence-electron chi connectivity index (χ1n) is 32.6. The highest BCUT2D eigenvalue weighted by Crippen LogP contribution is 2.14. The molecule has 0 rings (SSSR count). The topological polar surface area (TPSA) is 78.9 Å². The third kappa shape index (κ3) is 65.5. The Balaban J connectivity index is 4.58. The Morgan fingerprint density at radius 1 is 0.259 bits per heavy atom. The van der Waals surface area contributed by atoms with E-state index in [1.165, 1.54) is 77.0 Å². The second-order valence-corrected chi connectivity index (χ2v) is 20.9. The van der Waals surface area contributed by atoms with Crippen LogP contribution in [0.5, 0.6) is 0 Å². The van der Waals surface area contributed by atoms with Crippen molar-refractivity contribution in [2.24, 2.45) is 0 Å². The van der Waals surface area contributed by atoms with E-state index in [-0.39, 0.29) is 44.0 Å². The average molecular weight is 1120 g/mol. The van der Waals surface area contributed by atoms with Gasteiger partial charge in [-0.05, 0) is 148 Å². The summed E-state index contributed by atoms with van der Waals surface area (Å²) in [6.07, 6.45) is 99.3. The molecule has 0 saturated heterocycles. The molecule has 6 nitrogen and oxygen atoms in total. The molecule has 1 atom stereocenters. The normalized spacial score (nSPS) is 13.3. The van der Waals surface area contributed by atoms with Gasteiger partial charge in [0.05, 0.1) is 0 Å². The lowest BCUT2D eigenvalue weighted by Gasteiger charge is -2.18. The largest absolute Gasteiger partial charge is 0.462 e. The predicted octanol–water partition coefficient (Wildman–Crippen LogP) is 22.7. The van der Waals surface area contributed by atoms with E-state index >= 15 is 0 Å². The van der Waals surface area contributed by atoms with Crippen LogP contribution in [0.1, 0.15) is 265 Å². The van der Waals surface area contributed by atoms with E-state index < -0.39 is 6.10 Å². The van der Waals surface area contributed by atoms with Gasteiger partial charge < -0.3 is 14.2 Å². The fourth-order valence-electron chi connectivity index (χ4n) is 8.37. The Morgan fingerprint density at radius 3 is 0.815 bits per heavy atom. The first-order chi connectivity index (χ1) is 40.0. The number of carbonyl (C=O) groups is 3. The molecule has 0 aromatic rings. The quantitative estimate of drug-likeness (QED) is 0.0261. The van der Waals surface area contributed by atoms with Crippen LogP contribution in [0.2, 0.25) is 0 Å². The van der Waals surface area contributed by atoms with E-state index in [4.69, 9.17) is 14.2 Å². The smallest absolute Gasteiger partial charge is 0.306 e. The molecular formula is C75H118O6. The lowest BCUT2D eigenvalue weighted by atomic mass is 10.1. The molecule has 0 aliphatic carbocycles. The molecule has 0 N–H and O–H groups in total. The van der Waals surface area contributed by atoms with Crippen LogP contribution in [0.3, 0.4) is 0 Å². The summed E-state index contributed by atoms with van der Waals surface area (Å²) in [6.45, 7) is 6.33. The molecule has 0 fully saturated rings. The van der Waals surface area contributed by atoms with Crippen molar-refractivity contribution in [3.8, 4) is 0 Å². The van der Waals surface area contributed by atoms with Crippen molar-refractivity contribution >= 4 is 17.9 Å². The van der Waals surface area contributed by atoms with Crippen molar-refractivity contribution in [1.29, 1.82) is 0 Å². The van der Waals surface area contributed by atoms with Gasteiger partial charge in [0.15, 0.2) is 6.10 Å². The number of ether oxygens (including phenoxy) is 3. The van der Waals surface area contributed by atoms with Crippen molar-refractivity contribution in [3.63, 3.8) is 0 Å². The van der Waals surface area contributed by atoms with Crippen LogP contribution in [0.4, 0.5) is 0 Å². The Kier molecular flexibility index (Phi) is 62.9. The minimum absolute atomic E-state index is 0.117. The Morgan fingerprint density at radius 2 is 0.494 bits per heavy atom. The molecule has 0 aliphatic rings. The minimum atomic E-state index is -0.829. The lowest BCUT2D eigenvalue weighted by molar-refractivity contribution is -0.167. The molecule has 0 spiro atoms. The number of esters is 3. The van der Waals surface area contributed by atoms with E-state index in [9.17, 15) is 14.4 Å². The van der Waals surface area contributed by atoms with Crippen LogP contribution in [-0.2, 0) is 28.6 Å². The van der Waals surface area contributed by atoms with E-state index in [1.807, 2.05) is 0 Å². The van der Waals surface area contributed by atoms with E-state index in [0.717, 1.165) is 141 Å². The molecule has 6 heteroatoms. The monoisotopic (exact) mass is 1110 g/mol. The minimum Gasteiger partial charge on any atom is -0.462 e. The summed E-state index contributed by atoms with van der Waals surface area (Å²) in [5.74, 6) is -1.01. The molecule has 0 aromatic carbocycles. The van der Waals surface area contributed by atoms with Crippen LogP contribution in [0.15, 0.2) is 170 Å². The Bertz CT molecular complexity index is 1860. The summed E-state index contributed by atoms with van der Waals surface area (Å²) < 4.78 is 16.9. The van der Waals surface area contributed by atoms with Gasteiger partial charge in [-0.1, -0.05) is 268 Å². The number of allylic oxidation sites excluding steroid dienone is 28. The average Bonchev–Trinajstić information content (AvgIpc) is 3.47. The molecule has 0 heterocycles. The molecule has 0 amide bonds. The first-order valence-corrected chi connectivity index (χ1v) is 32.6. The van der Waals surface area contributed by atoms with Gasteiger partial charge in [0.2, 0.25) is 0 Å². The van der Waals surface area contributed by atoms with E-state index in [2.05, 4.69) is 191 Å². The van der Waals surface area contributed by atoms with Gasteiger partial charge in [-0.25, -0.2) is 0 Å². The maximum absolute atomic E-state index is 12.9. The fraction of sp³-hybridized carbons (Fsp3) is 0.587. The summed E-state index contributed by atoms with van der Waals surface area (Å²) in [5, 5.41) is 0. The summed E-state index contributed by atoms with van der Waals surface area (Å²) in [7, 11) is 0. The summed E-state index contributed by atoms with van der Waals surface area (Å²) >= 11 is 0. The zero-order chi connectivity index (χ0) is 58.5. The van der Waals surface area contributed by atoms with Crippen LogP contribution in [0, 0.1) is 0 Å². The van der Waals surface area contributed by atoms with Gasteiger partial charge in [-0.15, -0.1) is 0 Å². The summed E-state index contributed by atoms with van der Waals surface area (Å²) in [4.78, 5) is 38.4. The highest BCUT2D eigenvalue weighted by molar-refractivity contribution is 5.71. The molecule has 454 valence electrons. The van der Waals surface area contributed by atoms with Gasteiger partial charge >= 0.3 is 17.9 Å². The molecule has 0 bridgehead atoms. The molecule has 0 aromatic heterocycles. The molecule has 0 saturated carbocycles. The maximum Gasteiger partial charge on any atom is 0.306 e. The molecule has 81 heavy (non-hydrogen) atoms. The van der Waals surface area contributed by atoms with E-state index in [1.54, 1.807) is 0 Å².